The van der Waals surface area contributed by atoms with Gasteiger partial charge in [0, 0.05) is 12.8 Å². The molecule has 0 saturated carbocycles. The number of hydrogen-bond donors (Lipinski definition) is 0. The number of benzene rings is 1. The van der Waals surface area contributed by atoms with Gasteiger partial charge in [0.25, 0.3) is 0 Å². The van der Waals surface area contributed by atoms with Gasteiger partial charge in [0.1, 0.15) is 6.10 Å². The maximum Gasteiger partial charge on any atom is 0.305 e. The largest absolute Gasteiger partial charge is 0.460 e. The van der Waals surface area contributed by atoms with Gasteiger partial charge in [-0.1, -0.05) is 37.3 Å². The molecule has 0 amide bonds. The Kier molecular flexibility index (Phi) is 6.44. The van der Waals surface area contributed by atoms with Gasteiger partial charge >= 0.3 is 5.97 Å². The molecule has 100 valence electrons. The summed E-state index contributed by atoms with van der Waals surface area (Å²) >= 11 is 0. The van der Waals surface area contributed by atoms with Gasteiger partial charge in [-0.25, -0.2) is 0 Å². The van der Waals surface area contributed by atoms with E-state index in [4.69, 9.17) is 9.47 Å². The average molecular weight is 250 g/mol. The molecule has 0 aliphatic heterocycles. The summed E-state index contributed by atoms with van der Waals surface area (Å²) in [6.45, 7) is 6.19. The number of carbonyl (C=O) groups excluding carboxylic acids is 1. The Hall–Kier alpha value is -1.35. The molecule has 0 aromatic heterocycles. The Morgan fingerprint density at radius 3 is 2.44 bits per heavy atom. The van der Waals surface area contributed by atoms with E-state index in [0.717, 1.165) is 5.56 Å². The summed E-state index contributed by atoms with van der Waals surface area (Å²) in [5.41, 5.74) is 1.15. The van der Waals surface area contributed by atoms with Crippen LogP contribution in [0.15, 0.2) is 30.3 Å². The second-order valence-corrected chi connectivity index (χ2v) is 4.54. The van der Waals surface area contributed by atoms with Crippen molar-refractivity contribution in [1.29, 1.82) is 0 Å². The van der Waals surface area contributed by atoms with Gasteiger partial charge < -0.3 is 9.47 Å². The molecule has 3 nitrogen and oxygen atoms in total. The van der Waals surface area contributed by atoms with Gasteiger partial charge in [-0.05, 0) is 19.4 Å². The van der Waals surface area contributed by atoms with Gasteiger partial charge in [-0.3, -0.25) is 4.79 Å². The second-order valence-electron chi connectivity index (χ2n) is 4.54. The van der Waals surface area contributed by atoms with Gasteiger partial charge in [0.15, 0.2) is 0 Å². The quantitative estimate of drug-likeness (QED) is 0.698. The molecule has 0 spiro atoms. The second kappa shape index (κ2) is 7.88. The van der Waals surface area contributed by atoms with E-state index in [1.807, 2.05) is 44.2 Å². The molecular formula is C15H22O3. The van der Waals surface area contributed by atoms with E-state index in [2.05, 4.69) is 0 Å². The molecule has 0 fully saturated rings. The molecule has 0 aliphatic rings. The van der Waals surface area contributed by atoms with E-state index in [1.165, 1.54) is 0 Å². The van der Waals surface area contributed by atoms with Gasteiger partial charge in [-0.15, -0.1) is 0 Å². The minimum atomic E-state index is -0.206. The van der Waals surface area contributed by atoms with Crippen LogP contribution in [-0.2, 0) is 20.7 Å². The van der Waals surface area contributed by atoms with Gasteiger partial charge in [-0.2, -0.15) is 0 Å². The highest BCUT2D eigenvalue weighted by Gasteiger charge is 2.15. The van der Waals surface area contributed by atoms with Crippen molar-refractivity contribution < 1.29 is 14.3 Å². The van der Waals surface area contributed by atoms with E-state index >= 15 is 0 Å². The molecule has 18 heavy (non-hydrogen) atoms. The van der Waals surface area contributed by atoms with Crippen molar-refractivity contribution in [2.24, 2.45) is 0 Å². The zero-order chi connectivity index (χ0) is 13.4. The first kappa shape index (κ1) is 14.7. The number of hydrogen-bond acceptors (Lipinski definition) is 3. The minimum absolute atomic E-state index is 0.142. The predicted molar refractivity (Wildman–Crippen MR) is 71.4 cm³/mol. The van der Waals surface area contributed by atoms with Crippen LogP contribution >= 0.6 is 0 Å². The van der Waals surface area contributed by atoms with Crippen molar-refractivity contribution >= 4 is 5.97 Å². The zero-order valence-corrected chi connectivity index (χ0v) is 11.4. The normalized spacial score (nSPS) is 12.4. The molecule has 1 aromatic carbocycles. The maximum atomic E-state index is 11.4. The first-order valence-electron chi connectivity index (χ1n) is 6.46. The Balaban J connectivity index is 2.56. The third kappa shape index (κ3) is 5.82. The van der Waals surface area contributed by atoms with Crippen molar-refractivity contribution in [2.45, 2.75) is 45.8 Å². The zero-order valence-electron chi connectivity index (χ0n) is 11.4. The molecular weight excluding hydrogens is 228 g/mol. The van der Waals surface area contributed by atoms with E-state index in [0.29, 0.717) is 19.4 Å². The lowest BCUT2D eigenvalue weighted by molar-refractivity contribution is -0.152. The van der Waals surface area contributed by atoms with Crippen LogP contribution in [0.25, 0.3) is 0 Å². The Morgan fingerprint density at radius 2 is 1.89 bits per heavy atom. The van der Waals surface area contributed by atoms with Crippen LogP contribution in [0.1, 0.15) is 32.8 Å². The number of rotatable bonds is 7. The summed E-state index contributed by atoms with van der Waals surface area (Å²) in [4.78, 5) is 11.4. The highest BCUT2D eigenvalue weighted by Crippen LogP contribution is 2.08. The smallest absolute Gasteiger partial charge is 0.305 e. The lowest BCUT2D eigenvalue weighted by atomic mass is 10.1. The van der Waals surface area contributed by atoms with Gasteiger partial charge in [0.2, 0.25) is 0 Å². The fraction of sp³-hybridized carbons (Fsp3) is 0.533. The molecule has 0 bridgehead atoms. The van der Waals surface area contributed by atoms with Crippen molar-refractivity contribution in [1.82, 2.24) is 0 Å². The number of ether oxygens (including phenoxy) is 2. The van der Waals surface area contributed by atoms with Crippen LogP contribution in [0.5, 0.6) is 0 Å². The molecule has 0 radical (unpaired) electrons. The van der Waals surface area contributed by atoms with Crippen molar-refractivity contribution in [3.8, 4) is 0 Å². The molecule has 3 heteroatoms. The minimum Gasteiger partial charge on any atom is -0.460 e. The number of esters is 1. The van der Waals surface area contributed by atoms with Crippen LogP contribution in [0.4, 0.5) is 0 Å². The third-order valence-corrected chi connectivity index (χ3v) is 2.51. The van der Waals surface area contributed by atoms with Crippen LogP contribution in [0.2, 0.25) is 0 Å². The molecule has 0 aliphatic carbocycles. The molecule has 0 N–H and O–H groups in total. The first-order chi connectivity index (χ1) is 8.61. The summed E-state index contributed by atoms with van der Waals surface area (Å²) < 4.78 is 10.9. The third-order valence-electron chi connectivity index (χ3n) is 2.51. The van der Waals surface area contributed by atoms with Crippen molar-refractivity contribution in [2.75, 3.05) is 6.61 Å². The van der Waals surface area contributed by atoms with Gasteiger partial charge in [0.05, 0.1) is 12.7 Å². The van der Waals surface area contributed by atoms with Crippen LogP contribution < -0.4 is 0 Å². The van der Waals surface area contributed by atoms with Crippen LogP contribution in [0, 0.1) is 0 Å². The van der Waals surface area contributed by atoms with Crippen molar-refractivity contribution in [3.63, 3.8) is 0 Å². The topological polar surface area (TPSA) is 35.5 Å². The molecule has 0 saturated heterocycles. The average Bonchev–Trinajstić information content (AvgIpc) is 2.37. The summed E-state index contributed by atoms with van der Waals surface area (Å²) in [6, 6.07) is 10.0. The molecule has 0 unspecified atom stereocenters. The highest BCUT2D eigenvalue weighted by atomic mass is 16.6. The summed E-state index contributed by atoms with van der Waals surface area (Å²) in [7, 11) is 0. The van der Waals surface area contributed by atoms with E-state index in [1.54, 1.807) is 6.92 Å². The lowest BCUT2D eigenvalue weighted by Gasteiger charge is -2.19. The lowest BCUT2D eigenvalue weighted by Crippen LogP contribution is -2.27. The van der Waals surface area contributed by atoms with Crippen molar-refractivity contribution in [3.05, 3.63) is 35.9 Å². The fourth-order valence-corrected chi connectivity index (χ4v) is 1.58. The molecule has 1 rings (SSSR count). The summed E-state index contributed by atoms with van der Waals surface area (Å²) in [5, 5.41) is 0. The first-order valence-corrected chi connectivity index (χ1v) is 6.46. The summed E-state index contributed by atoms with van der Waals surface area (Å²) in [6.07, 6.45) is 1.03. The Bertz CT molecular complexity index is 346. The van der Waals surface area contributed by atoms with Crippen LogP contribution in [0.3, 0.4) is 0 Å². The monoisotopic (exact) mass is 250 g/mol. The van der Waals surface area contributed by atoms with E-state index < -0.39 is 0 Å². The highest BCUT2D eigenvalue weighted by molar-refractivity contribution is 5.69. The molecule has 1 aromatic rings. The van der Waals surface area contributed by atoms with E-state index in [9.17, 15) is 4.79 Å². The fourth-order valence-electron chi connectivity index (χ4n) is 1.58. The summed E-state index contributed by atoms with van der Waals surface area (Å²) in [5.74, 6) is -0.178. The number of carbonyl (C=O) groups is 1. The molecule has 0 heterocycles. The maximum absolute atomic E-state index is 11.4. The standard InChI is InChI=1S/C15H22O3/c1-4-15(16)18-14(11-17-12(2)3)10-13-8-6-5-7-9-13/h5-9,12,14H,4,10-11H2,1-3H3/t14-/m0/s1. The Morgan fingerprint density at radius 1 is 1.22 bits per heavy atom. The predicted octanol–water partition coefficient (Wildman–Crippen LogP) is 2.98. The Labute approximate surface area is 109 Å². The van der Waals surface area contributed by atoms with E-state index in [-0.39, 0.29) is 18.2 Å². The SMILES string of the molecule is CCC(=O)O[C@H](COC(C)C)Cc1ccccc1. The van der Waals surface area contributed by atoms with Crippen LogP contribution in [-0.4, -0.2) is 24.8 Å². The molecule has 1 atom stereocenters.